The lowest BCUT2D eigenvalue weighted by Crippen LogP contribution is -2.49. The van der Waals surface area contributed by atoms with E-state index in [4.69, 9.17) is 0 Å². The molecule has 0 unspecified atom stereocenters. The first-order valence-electron chi connectivity index (χ1n) is 13.4. The molecule has 0 spiro atoms. The molecular weight excluding hydrogens is 410 g/mol. The topological polar surface area (TPSA) is 65.2 Å². The van der Waals surface area contributed by atoms with Gasteiger partial charge in [-0.1, -0.05) is 20.8 Å². The normalized spacial score (nSPS) is 40.8. The molecular formula is C28H41N3O2. The van der Waals surface area contributed by atoms with E-state index in [9.17, 15) is 9.59 Å². The molecule has 0 radical (unpaired) electrons. The second-order valence-electron chi connectivity index (χ2n) is 13.6. The molecule has 2 N–H and O–H groups in total. The minimum absolute atomic E-state index is 0.206. The molecule has 6 bridgehead atoms. The summed E-state index contributed by atoms with van der Waals surface area (Å²) in [5.41, 5.74) is 1.70. The van der Waals surface area contributed by atoms with Crippen LogP contribution in [0.1, 0.15) is 88.2 Å². The minimum Gasteiger partial charge on any atom is -0.352 e. The van der Waals surface area contributed by atoms with Crippen molar-refractivity contribution in [3.05, 3.63) is 33.7 Å². The predicted octanol–water partition coefficient (Wildman–Crippen LogP) is 4.58. The van der Waals surface area contributed by atoms with E-state index in [2.05, 4.69) is 36.0 Å². The third-order valence-electron chi connectivity index (χ3n) is 10.0. The Kier molecular flexibility index (Phi) is 5.10. The lowest BCUT2D eigenvalue weighted by Gasteiger charge is -2.54. The zero-order valence-corrected chi connectivity index (χ0v) is 20.7. The summed E-state index contributed by atoms with van der Waals surface area (Å²) in [6.45, 7) is 9.79. The molecule has 5 heteroatoms. The van der Waals surface area contributed by atoms with Gasteiger partial charge in [0.05, 0.1) is 0 Å². The van der Waals surface area contributed by atoms with Crippen LogP contribution in [0, 0.1) is 40.4 Å². The number of nitrogens with one attached hydrogen (secondary N) is 2. The number of likely N-dealkylation sites (tertiary alicyclic amines) is 1. The highest BCUT2D eigenvalue weighted by atomic mass is 16.2. The van der Waals surface area contributed by atoms with E-state index in [1.54, 1.807) is 6.07 Å². The largest absolute Gasteiger partial charge is 0.352 e. The number of aromatic nitrogens is 1. The van der Waals surface area contributed by atoms with Gasteiger partial charge in [-0.2, -0.15) is 0 Å². The van der Waals surface area contributed by atoms with Crippen LogP contribution in [0.4, 0.5) is 0 Å². The minimum atomic E-state index is -0.246. The molecule has 2 atom stereocenters. The smallest absolute Gasteiger partial charge is 0.261 e. The summed E-state index contributed by atoms with van der Waals surface area (Å²) in [4.78, 5) is 31.3. The third-order valence-corrected chi connectivity index (χ3v) is 10.0. The van der Waals surface area contributed by atoms with E-state index in [0.29, 0.717) is 22.8 Å². The van der Waals surface area contributed by atoms with E-state index in [0.717, 1.165) is 49.0 Å². The molecule has 1 aromatic rings. The number of hydrogen-bond acceptors (Lipinski definition) is 3. The highest BCUT2D eigenvalue weighted by molar-refractivity contribution is 5.93. The molecule has 5 nitrogen and oxygen atoms in total. The SMILES string of the molecule is CC1(C)C[C@@H]2C[C@@](C)(CN2Cc2ccc(C(=O)NCC3C4CC5CC(C4)CC3C5)c(=O)[nH]2)C1. The van der Waals surface area contributed by atoms with Crippen molar-refractivity contribution in [1.82, 2.24) is 15.2 Å². The van der Waals surface area contributed by atoms with Crippen molar-refractivity contribution in [3.8, 4) is 0 Å². The summed E-state index contributed by atoms with van der Waals surface area (Å²) in [5.74, 6) is 3.86. The first kappa shape index (κ1) is 21.9. The molecule has 1 aliphatic heterocycles. The van der Waals surface area contributed by atoms with Crippen LogP contribution in [-0.2, 0) is 6.54 Å². The van der Waals surface area contributed by atoms with Crippen molar-refractivity contribution in [1.29, 1.82) is 0 Å². The van der Waals surface area contributed by atoms with Crippen LogP contribution in [-0.4, -0.2) is 34.9 Å². The average molecular weight is 452 g/mol. The van der Waals surface area contributed by atoms with Crippen molar-refractivity contribution in [2.24, 2.45) is 40.4 Å². The van der Waals surface area contributed by atoms with Crippen LogP contribution in [0.5, 0.6) is 0 Å². The summed E-state index contributed by atoms with van der Waals surface area (Å²) in [6.07, 6.45) is 10.6. The number of hydrogen-bond donors (Lipinski definition) is 2. The molecule has 7 rings (SSSR count). The molecule has 180 valence electrons. The molecule has 33 heavy (non-hydrogen) atoms. The number of pyridine rings is 1. The second-order valence-corrected chi connectivity index (χ2v) is 13.6. The van der Waals surface area contributed by atoms with Crippen molar-refractivity contribution in [2.45, 2.75) is 84.7 Å². The highest BCUT2D eigenvalue weighted by Crippen LogP contribution is 2.56. The van der Waals surface area contributed by atoms with Crippen molar-refractivity contribution < 1.29 is 4.79 Å². The maximum absolute atomic E-state index is 12.9. The molecule has 5 aliphatic carbocycles. The number of amides is 1. The van der Waals surface area contributed by atoms with Crippen LogP contribution < -0.4 is 10.9 Å². The van der Waals surface area contributed by atoms with Gasteiger partial charge in [-0.25, -0.2) is 0 Å². The van der Waals surface area contributed by atoms with Crippen molar-refractivity contribution in [2.75, 3.05) is 13.1 Å². The summed E-state index contributed by atoms with van der Waals surface area (Å²) in [5, 5.41) is 3.14. The third kappa shape index (κ3) is 4.09. The van der Waals surface area contributed by atoms with Gasteiger partial charge in [-0.3, -0.25) is 14.5 Å². The number of fused-ring (bicyclic) bond motifs is 2. The fraction of sp³-hybridized carbons (Fsp3) is 0.786. The van der Waals surface area contributed by atoms with Gasteiger partial charge in [0.25, 0.3) is 11.5 Å². The number of aromatic amines is 1. The Bertz CT molecular complexity index is 969. The summed E-state index contributed by atoms with van der Waals surface area (Å²) < 4.78 is 0. The van der Waals surface area contributed by atoms with Crippen LogP contribution in [0.2, 0.25) is 0 Å². The fourth-order valence-corrected chi connectivity index (χ4v) is 9.44. The Morgan fingerprint density at radius 1 is 1.06 bits per heavy atom. The first-order chi connectivity index (χ1) is 15.7. The summed E-state index contributed by atoms with van der Waals surface area (Å²) in [6, 6.07) is 4.29. The van der Waals surface area contributed by atoms with E-state index in [-0.39, 0.29) is 17.0 Å². The molecule has 2 heterocycles. The van der Waals surface area contributed by atoms with Crippen LogP contribution in [0.25, 0.3) is 0 Å². The monoisotopic (exact) mass is 451 g/mol. The Hall–Kier alpha value is -1.62. The van der Waals surface area contributed by atoms with Gasteiger partial charge < -0.3 is 10.3 Å². The van der Waals surface area contributed by atoms with Gasteiger partial charge in [0.1, 0.15) is 5.56 Å². The highest BCUT2D eigenvalue weighted by Gasteiger charge is 2.50. The number of carbonyl (C=O) groups excluding carboxylic acids is 1. The summed E-state index contributed by atoms with van der Waals surface area (Å²) in [7, 11) is 0. The Labute approximate surface area is 198 Å². The molecule has 6 aliphatic rings. The first-order valence-corrected chi connectivity index (χ1v) is 13.4. The number of nitrogens with zero attached hydrogens (tertiary/aromatic N) is 1. The van der Waals surface area contributed by atoms with Gasteiger partial charge in [0, 0.05) is 31.4 Å². The number of rotatable bonds is 5. The van der Waals surface area contributed by atoms with E-state index in [1.807, 2.05) is 6.07 Å². The molecule has 1 amide bonds. The molecule has 6 fully saturated rings. The van der Waals surface area contributed by atoms with Gasteiger partial charge >= 0.3 is 0 Å². The van der Waals surface area contributed by atoms with Crippen LogP contribution >= 0.6 is 0 Å². The molecule has 5 saturated carbocycles. The summed E-state index contributed by atoms with van der Waals surface area (Å²) >= 11 is 0. The lowest BCUT2D eigenvalue weighted by molar-refractivity contribution is -0.0347. The van der Waals surface area contributed by atoms with E-state index >= 15 is 0 Å². The quantitative estimate of drug-likeness (QED) is 0.689. The predicted molar refractivity (Wildman–Crippen MR) is 130 cm³/mol. The van der Waals surface area contributed by atoms with Crippen LogP contribution in [0.3, 0.4) is 0 Å². The molecule has 1 aromatic heterocycles. The van der Waals surface area contributed by atoms with E-state index in [1.165, 1.54) is 51.4 Å². The number of H-pyrrole nitrogens is 1. The van der Waals surface area contributed by atoms with Crippen LogP contribution in [0.15, 0.2) is 16.9 Å². The Balaban J connectivity index is 1.08. The average Bonchev–Trinajstić information content (AvgIpc) is 2.94. The number of carbonyl (C=O) groups is 1. The van der Waals surface area contributed by atoms with Gasteiger partial charge in [0.15, 0.2) is 0 Å². The van der Waals surface area contributed by atoms with Crippen molar-refractivity contribution in [3.63, 3.8) is 0 Å². The van der Waals surface area contributed by atoms with Crippen molar-refractivity contribution >= 4 is 5.91 Å². The standard InChI is InChI=1S/C28H41N3O2/c1-27(2)11-22-12-28(3,15-27)16-31(22)14-21-4-5-23(26(33)30-21)25(32)29-13-24-19-7-17-6-18(9-19)10-20(24)8-17/h4-5,17-20,22,24H,6-16H2,1-3H3,(H,29,32)(H,30,33)/t17?,18?,19?,20?,22-,24?,28-/m1/s1. The second kappa shape index (κ2) is 7.69. The molecule has 0 aromatic carbocycles. The lowest BCUT2D eigenvalue weighted by atomic mass is 9.52. The zero-order valence-electron chi connectivity index (χ0n) is 20.7. The van der Waals surface area contributed by atoms with Gasteiger partial charge in [-0.15, -0.1) is 0 Å². The fourth-order valence-electron chi connectivity index (χ4n) is 9.44. The maximum atomic E-state index is 12.9. The Morgan fingerprint density at radius 2 is 1.76 bits per heavy atom. The van der Waals surface area contributed by atoms with Gasteiger partial charge in [-0.05, 0) is 104 Å². The molecule has 1 saturated heterocycles. The zero-order chi connectivity index (χ0) is 23.0. The van der Waals surface area contributed by atoms with E-state index < -0.39 is 0 Å². The Morgan fingerprint density at radius 3 is 2.42 bits per heavy atom. The van der Waals surface area contributed by atoms with Gasteiger partial charge in [0.2, 0.25) is 0 Å². The maximum Gasteiger partial charge on any atom is 0.261 e.